The average Bonchev–Trinajstić information content (AvgIpc) is 2.35. The second-order valence-corrected chi connectivity index (χ2v) is 4.12. The van der Waals surface area contributed by atoms with Gasteiger partial charge in [-0.25, -0.2) is 0 Å². The first kappa shape index (κ1) is 11.5. The van der Waals surface area contributed by atoms with Gasteiger partial charge in [-0.3, -0.25) is 4.98 Å². The van der Waals surface area contributed by atoms with Gasteiger partial charge in [0.05, 0.1) is 11.7 Å². The molecule has 0 fully saturated rings. The number of phenols is 1. The standard InChI is InChI=1S/C14H16N2O/c1-10-9-12(6-7-14(10)17)16-11(2)13-5-3-4-8-15-13/h3-9,11,16-17H,1-2H3. The number of aryl methyl sites for hydroxylation is 1. The number of aromatic nitrogens is 1. The van der Waals surface area contributed by atoms with Gasteiger partial charge in [-0.15, -0.1) is 0 Å². The molecule has 2 rings (SSSR count). The number of nitrogens with one attached hydrogen (secondary N) is 1. The molecule has 0 radical (unpaired) electrons. The Hall–Kier alpha value is -2.03. The normalized spacial score (nSPS) is 12.1. The topological polar surface area (TPSA) is 45.2 Å². The monoisotopic (exact) mass is 228 g/mol. The molecule has 0 spiro atoms. The second kappa shape index (κ2) is 4.87. The van der Waals surface area contributed by atoms with Crippen LogP contribution in [0.5, 0.6) is 5.75 Å². The molecule has 0 saturated carbocycles. The van der Waals surface area contributed by atoms with E-state index < -0.39 is 0 Å². The zero-order valence-corrected chi connectivity index (χ0v) is 10.0. The summed E-state index contributed by atoms with van der Waals surface area (Å²) in [6.07, 6.45) is 1.79. The van der Waals surface area contributed by atoms with E-state index in [4.69, 9.17) is 0 Å². The molecule has 1 unspecified atom stereocenters. The van der Waals surface area contributed by atoms with Crippen LogP contribution in [-0.2, 0) is 0 Å². The number of aromatic hydroxyl groups is 1. The molecular formula is C14H16N2O. The molecule has 1 aromatic carbocycles. The maximum atomic E-state index is 9.45. The smallest absolute Gasteiger partial charge is 0.118 e. The molecule has 88 valence electrons. The van der Waals surface area contributed by atoms with Crippen LogP contribution in [0.2, 0.25) is 0 Å². The maximum Gasteiger partial charge on any atom is 0.118 e. The summed E-state index contributed by atoms with van der Waals surface area (Å²) in [6.45, 7) is 3.94. The van der Waals surface area contributed by atoms with Gasteiger partial charge in [0, 0.05) is 11.9 Å². The van der Waals surface area contributed by atoms with Crippen LogP contribution in [-0.4, -0.2) is 10.1 Å². The molecule has 0 bridgehead atoms. The van der Waals surface area contributed by atoms with Crippen molar-refractivity contribution in [2.75, 3.05) is 5.32 Å². The Morgan fingerprint density at radius 3 is 2.71 bits per heavy atom. The van der Waals surface area contributed by atoms with E-state index in [0.717, 1.165) is 16.9 Å². The lowest BCUT2D eigenvalue weighted by molar-refractivity contribution is 0.471. The van der Waals surface area contributed by atoms with Crippen molar-refractivity contribution in [3.05, 3.63) is 53.9 Å². The van der Waals surface area contributed by atoms with Crippen LogP contribution in [0.3, 0.4) is 0 Å². The Kier molecular flexibility index (Phi) is 3.28. The van der Waals surface area contributed by atoms with Crippen molar-refractivity contribution < 1.29 is 5.11 Å². The van der Waals surface area contributed by atoms with Crippen molar-refractivity contribution in [1.82, 2.24) is 4.98 Å². The number of pyridine rings is 1. The third-order valence-electron chi connectivity index (χ3n) is 2.71. The number of rotatable bonds is 3. The lowest BCUT2D eigenvalue weighted by atomic mass is 10.1. The predicted molar refractivity (Wildman–Crippen MR) is 69.1 cm³/mol. The van der Waals surface area contributed by atoms with E-state index in [2.05, 4.69) is 17.2 Å². The van der Waals surface area contributed by atoms with E-state index in [-0.39, 0.29) is 6.04 Å². The molecule has 3 heteroatoms. The number of phenolic OH excluding ortho intramolecular Hbond substituents is 1. The maximum absolute atomic E-state index is 9.45. The van der Waals surface area contributed by atoms with Gasteiger partial charge in [-0.2, -0.15) is 0 Å². The van der Waals surface area contributed by atoms with E-state index in [1.807, 2.05) is 37.3 Å². The molecule has 3 nitrogen and oxygen atoms in total. The van der Waals surface area contributed by atoms with Gasteiger partial charge >= 0.3 is 0 Å². The van der Waals surface area contributed by atoms with Crippen LogP contribution in [0.15, 0.2) is 42.6 Å². The van der Waals surface area contributed by atoms with E-state index >= 15 is 0 Å². The van der Waals surface area contributed by atoms with Gasteiger partial charge in [0.15, 0.2) is 0 Å². The third kappa shape index (κ3) is 2.75. The van der Waals surface area contributed by atoms with Crippen LogP contribution in [0.4, 0.5) is 5.69 Å². The van der Waals surface area contributed by atoms with Gasteiger partial charge < -0.3 is 10.4 Å². The van der Waals surface area contributed by atoms with Gasteiger partial charge in [-0.1, -0.05) is 6.07 Å². The summed E-state index contributed by atoms with van der Waals surface area (Å²) in [7, 11) is 0. The van der Waals surface area contributed by atoms with Crippen LogP contribution in [0.1, 0.15) is 24.2 Å². The van der Waals surface area contributed by atoms with Crippen molar-refractivity contribution in [3.8, 4) is 5.75 Å². The molecule has 0 aliphatic rings. The van der Waals surface area contributed by atoms with Gasteiger partial charge in [0.1, 0.15) is 5.75 Å². The second-order valence-electron chi connectivity index (χ2n) is 4.12. The van der Waals surface area contributed by atoms with Crippen molar-refractivity contribution in [2.24, 2.45) is 0 Å². The quantitative estimate of drug-likeness (QED) is 0.792. The first-order chi connectivity index (χ1) is 8.16. The van der Waals surface area contributed by atoms with E-state index in [9.17, 15) is 5.11 Å². The lowest BCUT2D eigenvalue weighted by Crippen LogP contribution is -2.08. The fourth-order valence-corrected chi connectivity index (χ4v) is 1.70. The molecule has 0 aliphatic carbocycles. The Bertz CT molecular complexity index is 497. The molecule has 2 aromatic rings. The zero-order valence-electron chi connectivity index (χ0n) is 10.0. The SMILES string of the molecule is Cc1cc(NC(C)c2ccccn2)ccc1O. The number of anilines is 1. The summed E-state index contributed by atoms with van der Waals surface area (Å²) < 4.78 is 0. The Morgan fingerprint density at radius 2 is 2.06 bits per heavy atom. The molecule has 0 saturated heterocycles. The summed E-state index contributed by atoms with van der Waals surface area (Å²) in [5.41, 5.74) is 2.85. The predicted octanol–water partition coefficient (Wildman–Crippen LogP) is 3.27. The van der Waals surface area contributed by atoms with Crippen LogP contribution < -0.4 is 5.32 Å². The molecule has 1 aromatic heterocycles. The van der Waals surface area contributed by atoms with E-state index in [0.29, 0.717) is 5.75 Å². The van der Waals surface area contributed by atoms with Crippen molar-refractivity contribution in [2.45, 2.75) is 19.9 Å². The number of hydrogen-bond donors (Lipinski definition) is 2. The fraction of sp³-hybridized carbons (Fsp3) is 0.214. The highest BCUT2D eigenvalue weighted by atomic mass is 16.3. The molecule has 0 amide bonds. The summed E-state index contributed by atoms with van der Waals surface area (Å²) in [5, 5.41) is 12.8. The zero-order chi connectivity index (χ0) is 12.3. The molecule has 17 heavy (non-hydrogen) atoms. The Labute approximate surface area is 101 Å². The van der Waals surface area contributed by atoms with Gasteiger partial charge in [0.25, 0.3) is 0 Å². The van der Waals surface area contributed by atoms with Crippen LogP contribution in [0.25, 0.3) is 0 Å². The minimum atomic E-state index is 0.139. The van der Waals surface area contributed by atoms with Gasteiger partial charge in [0.2, 0.25) is 0 Å². The number of hydrogen-bond acceptors (Lipinski definition) is 3. The van der Waals surface area contributed by atoms with Crippen molar-refractivity contribution in [1.29, 1.82) is 0 Å². The summed E-state index contributed by atoms with van der Waals surface area (Å²) in [4.78, 5) is 4.30. The summed E-state index contributed by atoms with van der Waals surface area (Å²) in [6, 6.07) is 11.5. The molecule has 1 atom stereocenters. The van der Waals surface area contributed by atoms with E-state index in [1.54, 1.807) is 12.3 Å². The highest BCUT2D eigenvalue weighted by molar-refractivity contribution is 5.51. The van der Waals surface area contributed by atoms with E-state index in [1.165, 1.54) is 0 Å². The number of benzene rings is 1. The molecule has 0 aliphatic heterocycles. The molecule has 2 N–H and O–H groups in total. The summed E-state index contributed by atoms with van der Waals surface area (Å²) >= 11 is 0. The van der Waals surface area contributed by atoms with Crippen molar-refractivity contribution in [3.63, 3.8) is 0 Å². The Balaban J connectivity index is 2.13. The number of nitrogens with zero attached hydrogens (tertiary/aromatic N) is 1. The Morgan fingerprint density at radius 1 is 1.24 bits per heavy atom. The molecular weight excluding hydrogens is 212 g/mol. The lowest BCUT2D eigenvalue weighted by Gasteiger charge is -2.15. The minimum absolute atomic E-state index is 0.139. The summed E-state index contributed by atoms with van der Waals surface area (Å²) in [5.74, 6) is 0.320. The first-order valence-corrected chi connectivity index (χ1v) is 5.64. The largest absolute Gasteiger partial charge is 0.508 e. The average molecular weight is 228 g/mol. The fourth-order valence-electron chi connectivity index (χ4n) is 1.70. The highest BCUT2D eigenvalue weighted by Crippen LogP contribution is 2.23. The van der Waals surface area contributed by atoms with Crippen LogP contribution >= 0.6 is 0 Å². The highest BCUT2D eigenvalue weighted by Gasteiger charge is 2.06. The van der Waals surface area contributed by atoms with Gasteiger partial charge in [-0.05, 0) is 49.7 Å². The third-order valence-corrected chi connectivity index (χ3v) is 2.71. The minimum Gasteiger partial charge on any atom is -0.508 e. The molecule has 1 heterocycles. The first-order valence-electron chi connectivity index (χ1n) is 5.64. The van der Waals surface area contributed by atoms with Crippen LogP contribution in [0, 0.1) is 6.92 Å². The van der Waals surface area contributed by atoms with Crippen molar-refractivity contribution >= 4 is 5.69 Å².